The van der Waals surface area contributed by atoms with Crippen LogP contribution in [0.4, 0.5) is 11.4 Å². The minimum atomic E-state index is 0.152. The van der Waals surface area contributed by atoms with Gasteiger partial charge in [-0.15, -0.1) is 0 Å². The number of anilines is 2. The highest BCUT2D eigenvalue weighted by atomic mass is 16.2. The van der Waals surface area contributed by atoms with Crippen molar-refractivity contribution in [1.82, 2.24) is 0 Å². The van der Waals surface area contributed by atoms with Crippen LogP contribution in [0.3, 0.4) is 0 Å². The summed E-state index contributed by atoms with van der Waals surface area (Å²) in [7, 11) is 1.96. The maximum Gasteiger partial charge on any atom is 0.246 e. The Hall–Kier alpha value is -2.29. The molecule has 0 radical (unpaired) electrons. The predicted octanol–water partition coefficient (Wildman–Crippen LogP) is 3.10. The van der Waals surface area contributed by atoms with Crippen LogP contribution in [0.2, 0.25) is 0 Å². The minimum absolute atomic E-state index is 0.152. The summed E-state index contributed by atoms with van der Waals surface area (Å²) in [4.78, 5) is 16.6. The highest BCUT2D eigenvalue weighted by molar-refractivity contribution is 5.98. The number of fused-ring (bicyclic) bond motifs is 1. The van der Waals surface area contributed by atoms with E-state index in [0.717, 1.165) is 17.8 Å². The number of likely N-dealkylation sites (N-methyl/N-ethyl adjacent to an activating group) is 1. The van der Waals surface area contributed by atoms with Gasteiger partial charge >= 0.3 is 0 Å². The van der Waals surface area contributed by atoms with Crippen molar-refractivity contribution in [2.75, 3.05) is 23.4 Å². The van der Waals surface area contributed by atoms with Crippen LogP contribution in [0, 0.1) is 0 Å². The number of para-hydroxylation sites is 2. The lowest BCUT2D eigenvalue weighted by molar-refractivity contribution is -0.117. The maximum atomic E-state index is 12.7. The maximum absolute atomic E-state index is 12.7. The number of benzene rings is 2. The van der Waals surface area contributed by atoms with Crippen LogP contribution in [0.15, 0.2) is 54.6 Å². The van der Waals surface area contributed by atoms with Gasteiger partial charge in [0.15, 0.2) is 0 Å². The Kier molecular flexibility index (Phi) is 3.65. The number of carbonyl (C=O) groups is 1. The highest BCUT2D eigenvalue weighted by Gasteiger charge is 2.30. The van der Waals surface area contributed by atoms with Gasteiger partial charge in [0, 0.05) is 24.5 Å². The first-order valence-electron chi connectivity index (χ1n) is 7.33. The molecule has 1 unspecified atom stereocenters. The molecule has 2 aromatic carbocycles. The second kappa shape index (κ2) is 5.60. The van der Waals surface area contributed by atoms with E-state index in [1.54, 1.807) is 0 Å². The summed E-state index contributed by atoms with van der Waals surface area (Å²) in [6.07, 6.45) is 0.941. The third-order valence-corrected chi connectivity index (χ3v) is 4.05. The van der Waals surface area contributed by atoms with E-state index < -0.39 is 0 Å². The van der Waals surface area contributed by atoms with Crippen molar-refractivity contribution in [3.8, 4) is 0 Å². The molecule has 0 fully saturated rings. The van der Waals surface area contributed by atoms with Gasteiger partial charge in [0.2, 0.25) is 5.91 Å². The fraction of sp³-hybridized carbons (Fsp3) is 0.278. The molecule has 1 amide bonds. The normalized spacial score (nSPS) is 16.7. The van der Waals surface area contributed by atoms with Gasteiger partial charge in [0.1, 0.15) is 0 Å². The average molecular weight is 280 g/mol. The third kappa shape index (κ3) is 2.64. The average Bonchev–Trinajstić information content (AvgIpc) is 2.83. The van der Waals surface area contributed by atoms with Crippen molar-refractivity contribution in [2.24, 2.45) is 0 Å². The fourth-order valence-electron chi connectivity index (χ4n) is 3.00. The van der Waals surface area contributed by atoms with E-state index in [9.17, 15) is 4.79 Å². The molecule has 1 atom stereocenters. The lowest BCUT2D eigenvalue weighted by Crippen LogP contribution is -2.42. The van der Waals surface area contributed by atoms with Gasteiger partial charge < -0.3 is 9.80 Å². The molecular weight excluding hydrogens is 260 g/mol. The van der Waals surface area contributed by atoms with Gasteiger partial charge in [0.05, 0.1) is 6.54 Å². The van der Waals surface area contributed by atoms with Gasteiger partial charge in [0.25, 0.3) is 0 Å². The molecule has 3 rings (SSSR count). The molecule has 21 heavy (non-hydrogen) atoms. The van der Waals surface area contributed by atoms with Gasteiger partial charge in [-0.25, -0.2) is 0 Å². The molecule has 0 N–H and O–H groups in total. The molecule has 108 valence electrons. The van der Waals surface area contributed by atoms with Crippen LogP contribution in [0.25, 0.3) is 0 Å². The van der Waals surface area contributed by atoms with Crippen LogP contribution in [-0.2, 0) is 11.2 Å². The van der Waals surface area contributed by atoms with Gasteiger partial charge in [-0.05, 0) is 37.1 Å². The van der Waals surface area contributed by atoms with Gasteiger partial charge in [-0.3, -0.25) is 4.79 Å². The Morgan fingerprint density at radius 1 is 1.14 bits per heavy atom. The lowest BCUT2D eigenvalue weighted by Gasteiger charge is -2.26. The molecule has 2 aromatic rings. The van der Waals surface area contributed by atoms with E-state index >= 15 is 0 Å². The van der Waals surface area contributed by atoms with Crippen LogP contribution in [0.5, 0.6) is 0 Å². The molecule has 3 heteroatoms. The molecule has 0 saturated carbocycles. The molecule has 1 heterocycles. The Morgan fingerprint density at radius 2 is 1.81 bits per heavy atom. The van der Waals surface area contributed by atoms with E-state index in [4.69, 9.17) is 0 Å². The molecule has 0 spiro atoms. The van der Waals surface area contributed by atoms with Crippen LogP contribution in [0.1, 0.15) is 12.5 Å². The van der Waals surface area contributed by atoms with Crippen LogP contribution >= 0.6 is 0 Å². The van der Waals surface area contributed by atoms with Crippen LogP contribution < -0.4 is 9.80 Å². The van der Waals surface area contributed by atoms with Gasteiger partial charge in [-0.2, -0.15) is 0 Å². The summed E-state index contributed by atoms with van der Waals surface area (Å²) in [6, 6.07) is 18.4. The summed E-state index contributed by atoms with van der Waals surface area (Å²) in [6.45, 7) is 2.50. The lowest BCUT2D eigenvalue weighted by atomic mass is 10.1. The number of rotatable bonds is 3. The van der Waals surface area contributed by atoms with Crippen molar-refractivity contribution in [3.05, 3.63) is 60.2 Å². The van der Waals surface area contributed by atoms with Gasteiger partial charge in [-0.1, -0.05) is 36.4 Å². The first-order valence-corrected chi connectivity index (χ1v) is 7.33. The standard InChI is InChI=1S/C18H20N2O/c1-14-12-15-8-6-7-11-17(15)20(14)18(21)13-19(2)16-9-4-3-5-10-16/h3-11,14H,12-13H2,1-2H3. The summed E-state index contributed by atoms with van der Waals surface area (Å²) >= 11 is 0. The molecule has 0 bridgehead atoms. The number of hydrogen-bond acceptors (Lipinski definition) is 2. The minimum Gasteiger partial charge on any atom is -0.365 e. The number of nitrogens with zero attached hydrogens (tertiary/aromatic N) is 2. The molecule has 3 nitrogen and oxygen atoms in total. The third-order valence-electron chi connectivity index (χ3n) is 4.05. The molecule has 0 aliphatic carbocycles. The topological polar surface area (TPSA) is 23.6 Å². The number of hydrogen-bond donors (Lipinski definition) is 0. The summed E-state index contributed by atoms with van der Waals surface area (Å²) in [5.41, 5.74) is 3.39. The van der Waals surface area contributed by atoms with Crippen molar-refractivity contribution in [2.45, 2.75) is 19.4 Å². The largest absolute Gasteiger partial charge is 0.365 e. The SMILES string of the molecule is CC1Cc2ccccc2N1C(=O)CN(C)c1ccccc1. The van der Waals surface area contributed by atoms with Crippen LogP contribution in [-0.4, -0.2) is 25.5 Å². The zero-order valence-corrected chi connectivity index (χ0v) is 12.5. The molecule has 0 saturated heterocycles. The predicted molar refractivity (Wildman–Crippen MR) is 86.8 cm³/mol. The molecular formula is C18H20N2O. The molecule has 1 aliphatic rings. The first-order chi connectivity index (χ1) is 10.2. The summed E-state index contributed by atoms with van der Waals surface area (Å²) < 4.78 is 0. The quantitative estimate of drug-likeness (QED) is 0.862. The van der Waals surface area contributed by atoms with Crippen molar-refractivity contribution >= 4 is 17.3 Å². The highest BCUT2D eigenvalue weighted by Crippen LogP contribution is 2.31. The van der Waals surface area contributed by atoms with E-state index in [1.807, 2.05) is 65.4 Å². The van der Waals surface area contributed by atoms with Crippen molar-refractivity contribution < 1.29 is 4.79 Å². The smallest absolute Gasteiger partial charge is 0.246 e. The van der Waals surface area contributed by atoms with E-state index in [2.05, 4.69) is 13.0 Å². The van der Waals surface area contributed by atoms with Crippen molar-refractivity contribution in [3.63, 3.8) is 0 Å². The Labute approximate surface area is 125 Å². The second-order valence-electron chi connectivity index (χ2n) is 5.64. The second-order valence-corrected chi connectivity index (χ2v) is 5.64. The Morgan fingerprint density at radius 3 is 2.57 bits per heavy atom. The summed E-state index contributed by atoms with van der Waals surface area (Å²) in [5.74, 6) is 0.152. The van der Waals surface area contributed by atoms with E-state index in [1.165, 1.54) is 5.56 Å². The molecule has 0 aromatic heterocycles. The van der Waals surface area contributed by atoms with Crippen molar-refractivity contribution in [1.29, 1.82) is 0 Å². The Bertz CT molecular complexity index is 639. The zero-order valence-electron chi connectivity index (χ0n) is 12.5. The first kappa shape index (κ1) is 13.7. The van der Waals surface area contributed by atoms with E-state index in [0.29, 0.717) is 6.54 Å². The number of carbonyl (C=O) groups excluding carboxylic acids is 1. The molecule has 1 aliphatic heterocycles. The number of amides is 1. The summed E-state index contributed by atoms with van der Waals surface area (Å²) in [5, 5.41) is 0. The van der Waals surface area contributed by atoms with E-state index in [-0.39, 0.29) is 11.9 Å². The fourth-order valence-corrected chi connectivity index (χ4v) is 3.00. The Balaban J connectivity index is 1.77. The zero-order chi connectivity index (χ0) is 14.8. The monoisotopic (exact) mass is 280 g/mol.